The molecular weight excluding hydrogens is 1420 g/mol. The predicted molar refractivity (Wildman–Crippen MR) is 470 cm³/mol. The Morgan fingerprint density at radius 3 is 0.931 bits per heavy atom. The van der Waals surface area contributed by atoms with Crippen LogP contribution < -0.4 is 0 Å². The molecule has 11 nitrogen and oxygen atoms in total. The van der Waals surface area contributed by atoms with Gasteiger partial charge >= 0.3 is 0 Å². The molecule has 0 aliphatic carbocycles. The fraction of sp³-hybridized carbons (Fsp3) is 0. The SMILES string of the molecule is N#Cc1ccc(-c2nc(-c3ccc(-c4ccccc4)cc3)nc(-c3ccc(-c4ccc(-c5nc6ccccc6c6c7ccccc7n(-c7ccccc7)c56)cc4)cc3)n2)cc1.N#Cc1cccc(-c2cc(-c3ccc(-c4ccc(-c5nc6ccccc6c6c7ccccc7n(-c7ccccc7)c56)cc4)cc3)nc(-c3ccccc3)n2)c1. The Morgan fingerprint density at radius 2 is 0.509 bits per heavy atom. The molecule has 540 valence electrons. The van der Waals surface area contributed by atoms with Crippen molar-refractivity contribution in [1.29, 1.82) is 10.5 Å². The Morgan fingerprint density at radius 1 is 0.207 bits per heavy atom. The van der Waals surface area contributed by atoms with E-state index >= 15 is 0 Å². The number of pyridine rings is 2. The van der Waals surface area contributed by atoms with Gasteiger partial charge in [-0.15, -0.1) is 0 Å². The van der Waals surface area contributed by atoms with Gasteiger partial charge in [0.1, 0.15) is 0 Å². The van der Waals surface area contributed by atoms with E-state index in [-0.39, 0.29) is 0 Å². The van der Waals surface area contributed by atoms with Crippen molar-refractivity contribution in [2.75, 3.05) is 0 Å². The molecule has 116 heavy (non-hydrogen) atoms. The van der Waals surface area contributed by atoms with Crippen molar-refractivity contribution in [1.82, 2.24) is 44.0 Å². The molecule has 0 spiro atoms. The first-order valence-corrected chi connectivity index (χ1v) is 38.4. The number of hydrogen-bond acceptors (Lipinski definition) is 9. The molecule has 0 fully saturated rings. The summed E-state index contributed by atoms with van der Waals surface area (Å²) in [6.07, 6.45) is 0. The summed E-state index contributed by atoms with van der Waals surface area (Å²) in [4.78, 5) is 35.4. The minimum Gasteiger partial charge on any atom is -0.307 e. The van der Waals surface area contributed by atoms with Crippen LogP contribution in [-0.4, -0.2) is 44.0 Å². The van der Waals surface area contributed by atoms with Crippen LogP contribution in [0.25, 0.3) is 201 Å². The number of rotatable bonds is 13. The number of nitrogens with zero attached hydrogens (tertiary/aromatic N) is 11. The van der Waals surface area contributed by atoms with Gasteiger partial charge in [0.25, 0.3) is 0 Å². The first-order valence-electron chi connectivity index (χ1n) is 38.4. The predicted octanol–water partition coefficient (Wildman–Crippen LogP) is 25.7. The molecule has 21 aromatic rings. The van der Waals surface area contributed by atoms with E-state index in [4.69, 9.17) is 34.9 Å². The molecule has 11 heteroatoms. The molecule has 0 N–H and O–H groups in total. The smallest absolute Gasteiger partial charge is 0.164 e. The number of fused-ring (bicyclic) bond motifs is 10. The third kappa shape index (κ3) is 13.0. The molecule has 0 unspecified atom stereocenters. The number of aromatic nitrogens is 9. The van der Waals surface area contributed by atoms with E-state index in [1.165, 1.54) is 21.5 Å². The first kappa shape index (κ1) is 69.0. The lowest BCUT2D eigenvalue weighted by molar-refractivity contribution is 1.07. The molecule has 0 saturated carbocycles. The molecule has 0 aliphatic rings. The fourth-order valence-electron chi connectivity index (χ4n) is 15.9. The molecule has 0 bridgehead atoms. The molecule has 0 radical (unpaired) electrons. The molecule has 0 amide bonds. The van der Waals surface area contributed by atoms with Crippen molar-refractivity contribution in [3.05, 3.63) is 405 Å². The fourth-order valence-corrected chi connectivity index (χ4v) is 15.9. The van der Waals surface area contributed by atoms with Crippen LogP contribution in [0.4, 0.5) is 0 Å². The second-order valence-corrected chi connectivity index (χ2v) is 28.5. The van der Waals surface area contributed by atoms with Gasteiger partial charge in [-0.2, -0.15) is 10.5 Å². The van der Waals surface area contributed by atoms with Crippen LogP contribution >= 0.6 is 0 Å². The summed E-state index contributed by atoms with van der Waals surface area (Å²) in [5.74, 6) is 2.32. The minimum atomic E-state index is 0.541. The van der Waals surface area contributed by atoms with Crippen LogP contribution in [-0.2, 0) is 0 Å². The van der Waals surface area contributed by atoms with Crippen molar-refractivity contribution in [2.45, 2.75) is 0 Å². The normalized spacial score (nSPS) is 11.3. The van der Waals surface area contributed by atoms with Gasteiger partial charge in [-0.25, -0.2) is 34.9 Å². The Hall–Kier alpha value is -16.2. The van der Waals surface area contributed by atoms with Crippen LogP contribution in [0.15, 0.2) is 394 Å². The van der Waals surface area contributed by atoms with E-state index in [1.54, 1.807) is 18.2 Å². The lowest BCUT2D eigenvalue weighted by atomic mass is 9.98. The topological polar surface area (TPSA) is 148 Å². The van der Waals surface area contributed by atoms with Crippen molar-refractivity contribution in [2.24, 2.45) is 0 Å². The average Bonchev–Trinajstić information content (AvgIpc) is 1.56. The maximum atomic E-state index is 9.54. The Bertz CT molecular complexity index is 7380. The highest BCUT2D eigenvalue weighted by Gasteiger charge is 2.24. The summed E-state index contributed by atoms with van der Waals surface area (Å²) in [6, 6.07) is 139. The van der Waals surface area contributed by atoms with Crippen LogP contribution in [0, 0.1) is 22.7 Å². The number of para-hydroxylation sites is 6. The summed E-state index contributed by atoms with van der Waals surface area (Å²) in [5.41, 5.74) is 27.4. The lowest BCUT2D eigenvalue weighted by Gasteiger charge is -2.13. The zero-order chi connectivity index (χ0) is 77.4. The summed E-state index contributed by atoms with van der Waals surface area (Å²) in [6.45, 7) is 0. The van der Waals surface area contributed by atoms with Gasteiger partial charge in [0, 0.05) is 88.2 Å². The monoisotopic (exact) mass is 1480 g/mol. The van der Waals surface area contributed by atoms with Gasteiger partial charge in [-0.3, -0.25) is 0 Å². The molecule has 0 saturated heterocycles. The minimum absolute atomic E-state index is 0.541. The molecule has 21 rings (SSSR count). The molecular formula is C105H65N11. The van der Waals surface area contributed by atoms with Crippen LogP contribution in [0.3, 0.4) is 0 Å². The number of benzene rings is 15. The molecule has 0 atom stereocenters. The number of hydrogen-bond donors (Lipinski definition) is 0. The molecule has 0 aliphatic heterocycles. The van der Waals surface area contributed by atoms with Crippen molar-refractivity contribution >= 4 is 65.4 Å². The van der Waals surface area contributed by atoms with Crippen molar-refractivity contribution in [3.8, 4) is 147 Å². The quantitative estimate of drug-likeness (QED) is 0.110. The van der Waals surface area contributed by atoms with E-state index < -0.39 is 0 Å². The second-order valence-electron chi connectivity index (χ2n) is 28.5. The van der Waals surface area contributed by atoms with Gasteiger partial charge < -0.3 is 9.13 Å². The third-order valence-corrected chi connectivity index (χ3v) is 21.5. The van der Waals surface area contributed by atoms with Gasteiger partial charge in [-0.05, 0) is 124 Å². The van der Waals surface area contributed by atoms with E-state index in [1.807, 2.05) is 84.9 Å². The summed E-state index contributed by atoms with van der Waals surface area (Å²) in [7, 11) is 0. The first-order chi connectivity index (χ1) is 57.4. The van der Waals surface area contributed by atoms with Crippen LogP contribution in [0.5, 0.6) is 0 Å². The van der Waals surface area contributed by atoms with E-state index in [9.17, 15) is 10.5 Å². The van der Waals surface area contributed by atoms with Crippen LogP contribution in [0.2, 0.25) is 0 Å². The van der Waals surface area contributed by atoms with Gasteiger partial charge in [0.2, 0.25) is 0 Å². The van der Waals surface area contributed by atoms with Gasteiger partial charge in [0.05, 0.1) is 79.1 Å². The molecule has 15 aromatic carbocycles. The zero-order valence-electron chi connectivity index (χ0n) is 62.4. The third-order valence-electron chi connectivity index (χ3n) is 21.5. The Labute approximate surface area is 668 Å². The highest BCUT2D eigenvalue weighted by molar-refractivity contribution is 6.25. The van der Waals surface area contributed by atoms with E-state index in [0.717, 1.165) is 156 Å². The molecule has 6 aromatic heterocycles. The highest BCUT2D eigenvalue weighted by Crippen LogP contribution is 2.45. The summed E-state index contributed by atoms with van der Waals surface area (Å²) >= 11 is 0. The Kier molecular flexibility index (Phi) is 17.8. The maximum absolute atomic E-state index is 9.54. The van der Waals surface area contributed by atoms with Gasteiger partial charge in [0.15, 0.2) is 23.3 Å². The van der Waals surface area contributed by atoms with Crippen molar-refractivity contribution in [3.63, 3.8) is 0 Å². The average molecular weight is 1480 g/mol. The second kappa shape index (κ2) is 29.9. The highest BCUT2D eigenvalue weighted by atomic mass is 15.0. The maximum Gasteiger partial charge on any atom is 0.164 e. The summed E-state index contributed by atoms with van der Waals surface area (Å²) < 4.78 is 4.71. The van der Waals surface area contributed by atoms with Crippen LogP contribution in [0.1, 0.15) is 11.1 Å². The largest absolute Gasteiger partial charge is 0.307 e. The lowest BCUT2D eigenvalue weighted by Crippen LogP contribution is -2.00. The molecule has 6 heterocycles. The van der Waals surface area contributed by atoms with E-state index in [0.29, 0.717) is 34.4 Å². The standard InChI is InChI=1S/C55H34N6.C50H31N5/c56-35-36-19-21-42(22-20-36)53-58-54(43-31-25-38(26-32-43)37-11-3-1-4-12-37)60-55(59-53)44-33-27-40(28-34-44)39-23-29-41(30-24-39)51-52-50(46-15-7-9-17-48(46)57-51)47-16-8-10-18-49(47)61(52)45-13-5-2-6-14-45;51-32-33-12-11-15-39(30-33)45-31-44(53-50(54-45)38-13-3-1-4-14-38)36-26-22-34(23-27-36)35-24-28-37(29-25-35)48-49-47(41-18-7-9-20-43(41)52-48)42-19-8-10-21-46(42)55(49)40-16-5-2-6-17-40/h1-34H;1-31H. The summed E-state index contributed by atoms with van der Waals surface area (Å²) in [5, 5.41) is 26.1. The van der Waals surface area contributed by atoms with Crippen molar-refractivity contribution < 1.29 is 0 Å². The Balaban J connectivity index is 0.000000150. The number of nitriles is 2. The van der Waals surface area contributed by atoms with Gasteiger partial charge in [-0.1, -0.05) is 303 Å². The van der Waals surface area contributed by atoms with E-state index in [2.05, 4.69) is 312 Å². The zero-order valence-corrected chi connectivity index (χ0v) is 62.4.